The number of amides is 1. The summed E-state index contributed by atoms with van der Waals surface area (Å²) in [7, 11) is -3.70. The molecule has 0 bridgehead atoms. The van der Waals surface area contributed by atoms with Crippen molar-refractivity contribution in [2.45, 2.75) is 24.8 Å². The number of carbonyl (C=O) groups excluding carboxylic acids is 1. The van der Waals surface area contributed by atoms with Crippen molar-refractivity contribution in [3.63, 3.8) is 0 Å². The average Bonchev–Trinajstić information content (AvgIpc) is 2.79. The standard InChI is InChI=1S/C24H24N2O4S/c1-18-6-8-21(9-7-18)25-31(28,29)23-12-10-22(11-13-23)30-17-24(27)26-15-14-19-4-2-3-5-20(19)16-26/h2-13,25H,14-17H2,1H3. The molecule has 31 heavy (non-hydrogen) atoms. The predicted octanol–water partition coefficient (Wildman–Crippen LogP) is 3.76. The zero-order chi connectivity index (χ0) is 21.8. The number of nitrogens with zero attached hydrogens (tertiary/aromatic N) is 1. The lowest BCUT2D eigenvalue weighted by molar-refractivity contribution is -0.134. The van der Waals surface area contributed by atoms with Crippen LogP contribution >= 0.6 is 0 Å². The van der Waals surface area contributed by atoms with Crippen LogP contribution in [0.4, 0.5) is 5.69 Å². The number of rotatable bonds is 6. The molecule has 1 amide bonds. The van der Waals surface area contributed by atoms with E-state index in [-0.39, 0.29) is 17.4 Å². The third-order valence-electron chi connectivity index (χ3n) is 5.28. The molecule has 0 radical (unpaired) electrons. The molecule has 0 saturated heterocycles. The minimum absolute atomic E-state index is 0.0874. The lowest BCUT2D eigenvalue weighted by Crippen LogP contribution is -2.38. The highest BCUT2D eigenvalue weighted by Gasteiger charge is 2.21. The second kappa shape index (κ2) is 8.81. The highest BCUT2D eigenvalue weighted by molar-refractivity contribution is 7.92. The van der Waals surface area contributed by atoms with Gasteiger partial charge in [0.2, 0.25) is 0 Å². The summed E-state index contributed by atoms with van der Waals surface area (Å²) in [5.74, 6) is 0.354. The first-order valence-electron chi connectivity index (χ1n) is 10.1. The van der Waals surface area contributed by atoms with Crippen LogP contribution in [0.2, 0.25) is 0 Å². The Labute approximate surface area is 182 Å². The lowest BCUT2D eigenvalue weighted by atomic mass is 10.00. The van der Waals surface area contributed by atoms with Gasteiger partial charge in [0.25, 0.3) is 15.9 Å². The van der Waals surface area contributed by atoms with Crippen LogP contribution in [0.5, 0.6) is 5.75 Å². The van der Waals surface area contributed by atoms with Crippen LogP contribution in [-0.2, 0) is 27.8 Å². The van der Waals surface area contributed by atoms with E-state index in [0.717, 1.165) is 17.5 Å². The smallest absolute Gasteiger partial charge is 0.261 e. The van der Waals surface area contributed by atoms with Crippen LogP contribution in [-0.4, -0.2) is 32.4 Å². The Morgan fingerprint density at radius 1 is 0.968 bits per heavy atom. The molecule has 0 atom stereocenters. The van der Waals surface area contributed by atoms with E-state index in [1.54, 1.807) is 29.2 Å². The predicted molar refractivity (Wildman–Crippen MR) is 119 cm³/mol. The van der Waals surface area contributed by atoms with E-state index in [2.05, 4.69) is 10.8 Å². The SMILES string of the molecule is Cc1ccc(NS(=O)(=O)c2ccc(OCC(=O)N3CCc4ccccc4C3)cc2)cc1. The third kappa shape index (κ3) is 5.06. The number of sulfonamides is 1. The van der Waals surface area contributed by atoms with Gasteiger partial charge in [0.15, 0.2) is 6.61 Å². The molecule has 1 aliphatic heterocycles. The highest BCUT2D eigenvalue weighted by atomic mass is 32.2. The molecule has 1 heterocycles. The molecular formula is C24H24N2O4S. The van der Waals surface area contributed by atoms with Crippen molar-refractivity contribution in [1.82, 2.24) is 4.90 Å². The van der Waals surface area contributed by atoms with E-state index in [1.165, 1.54) is 17.7 Å². The first-order chi connectivity index (χ1) is 14.9. The number of hydrogen-bond donors (Lipinski definition) is 1. The van der Waals surface area contributed by atoms with Gasteiger partial charge < -0.3 is 9.64 Å². The Bertz CT molecular complexity index is 1170. The van der Waals surface area contributed by atoms with Crippen molar-refractivity contribution in [3.05, 3.63) is 89.5 Å². The van der Waals surface area contributed by atoms with E-state index in [4.69, 9.17) is 4.74 Å². The fraction of sp³-hybridized carbons (Fsp3) is 0.208. The summed E-state index contributed by atoms with van der Waals surface area (Å²) in [4.78, 5) is 14.4. The monoisotopic (exact) mass is 436 g/mol. The van der Waals surface area contributed by atoms with Gasteiger partial charge in [-0.15, -0.1) is 0 Å². The van der Waals surface area contributed by atoms with Gasteiger partial charge in [-0.1, -0.05) is 42.0 Å². The molecule has 0 unspecified atom stereocenters. The summed E-state index contributed by atoms with van der Waals surface area (Å²) in [5.41, 5.74) is 3.99. The molecule has 1 N–H and O–H groups in total. The Kier molecular flexibility index (Phi) is 5.95. The first kappa shape index (κ1) is 20.9. The van der Waals surface area contributed by atoms with Gasteiger partial charge >= 0.3 is 0 Å². The zero-order valence-electron chi connectivity index (χ0n) is 17.2. The zero-order valence-corrected chi connectivity index (χ0v) is 18.1. The Morgan fingerprint density at radius 2 is 1.65 bits per heavy atom. The van der Waals surface area contributed by atoms with Crippen LogP contribution in [0.3, 0.4) is 0 Å². The van der Waals surface area contributed by atoms with Gasteiger partial charge in [0.05, 0.1) is 4.90 Å². The number of carbonyl (C=O) groups is 1. The lowest BCUT2D eigenvalue weighted by Gasteiger charge is -2.28. The Balaban J connectivity index is 1.34. The van der Waals surface area contributed by atoms with Gasteiger partial charge in [-0.2, -0.15) is 0 Å². The minimum Gasteiger partial charge on any atom is -0.484 e. The summed E-state index contributed by atoms with van der Waals surface area (Å²) in [6.07, 6.45) is 0.836. The molecule has 0 aliphatic carbocycles. The van der Waals surface area contributed by atoms with Crippen LogP contribution in [0.1, 0.15) is 16.7 Å². The maximum absolute atomic E-state index is 12.6. The third-order valence-corrected chi connectivity index (χ3v) is 6.68. The van der Waals surface area contributed by atoms with E-state index < -0.39 is 10.0 Å². The van der Waals surface area contributed by atoms with Gasteiger partial charge in [-0.25, -0.2) is 8.42 Å². The van der Waals surface area contributed by atoms with Crippen molar-refractivity contribution >= 4 is 21.6 Å². The normalized spacial score (nSPS) is 13.4. The maximum atomic E-state index is 12.6. The van der Waals surface area contributed by atoms with Crippen LogP contribution in [0, 0.1) is 6.92 Å². The molecule has 0 saturated carbocycles. The maximum Gasteiger partial charge on any atom is 0.261 e. The van der Waals surface area contributed by atoms with Gasteiger partial charge in [0, 0.05) is 18.8 Å². The van der Waals surface area contributed by atoms with Gasteiger partial charge in [0.1, 0.15) is 5.75 Å². The Hall–Kier alpha value is -3.32. The molecule has 0 fully saturated rings. The van der Waals surface area contributed by atoms with Crippen LogP contribution < -0.4 is 9.46 Å². The van der Waals surface area contributed by atoms with Crippen molar-refractivity contribution in [3.8, 4) is 5.75 Å². The molecule has 3 aromatic carbocycles. The number of fused-ring (bicyclic) bond motifs is 1. The van der Waals surface area contributed by atoms with Crippen LogP contribution in [0.25, 0.3) is 0 Å². The van der Waals surface area contributed by atoms with Crippen molar-refractivity contribution in [2.75, 3.05) is 17.9 Å². The average molecular weight is 437 g/mol. The second-order valence-electron chi connectivity index (χ2n) is 7.57. The fourth-order valence-corrected chi connectivity index (χ4v) is 4.55. The summed E-state index contributed by atoms with van der Waals surface area (Å²) in [5, 5.41) is 0. The summed E-state index contributed by atoms with van der Waals surface area (Å²) in [6, 6.07) is 21.3. The number of anilines is 1. The van der Waals surface area contributed by atoms with E-state index in [1.807, 2.05) is 37.3 Å². The molecular weight excluding hydrogens is 412 g/mol. The Morgan fingerprint density at radius 3 is 2.35 bits per heavy atom. The fourth-order valence-electron chi connectivity index (χ4n) is 3.50. The molecule has 1 aliphatic rings. The molecule has 7 heteroatoms. The number of nitrogens with one attached hydrogen (secondary N) is 1. The molecule has 3 aromatic rings. The number of benzene rings is 3. The number of hydrogen-bond acceptors (Lipinski definition) is 4. The molecule has 160 valence electrons. The molecule has 6 nitrogen and oxygen atoms in total. The van der Waals surface area contributed by atoms with Crippen LogP contribution in [0.15, 0.2) is 77.7 Å². The quantitative estimate of drug-likeness (QED) is 0.638. The topological polar surface area (TPSA) is 75.7 Å². The summed E-state index contributed by atoms with van der Waals surface area (Å²) < 4.78 is 33.3. The van der Waals surface area contributed by atoms with E-state index in [0.29, 0.717) is 24.5 Å². The van der Waals surface area contributed by atoms with Crippen molar-refractivity contribution < 1.29 is 17.9 Å². The first-order valence-corrected chi connectivity index (χ1v) is 11.6. The number of aryl methyl sites for hydroxylation is 1. The van der Waals surface area contributed by atoms with E-state index >= 15 is 0 Å². The second-order valence-corrected chi connectivity index (χ2v) is 9.25. The largest absolute Gasteiger partial charge is 0.484 e. The molecule has 0 spiro atoms. The highest BCUT2D eigenvalue weighted by Crippen LogP contribution is 2.21. The van der Waals surface area contributed by atoms with E-state index in [9.17, 15) is 13.2 Å². The van der Waals surface area contributed by atoms with Crippen molar-refractivity contribution in [1.29, 1.82) is 0 Å². The molecule has 4 rings (SSSR count). The van der Waals surface area contributed by atoms with Gasteiger partial charge in [-0.05, 0) is 60.9 Å². The summed E-state index contributed by atoms with van der Waals surface area (Å²) in [6.45, 7) is 3.10. The summed E-state index contributed by atoms with van der Waals surface area (Å²) >= 11 is 0. The molecule has 0 aromatic heterocycles. The minimum atomic E-state index is -3.70. The van der Waals surface area contributed by atoms with Gasteiger partial charge in [-0.3, -0.25) is 9.52 Å². The number of ether oxygens (including phenoxy) is 1. The van der Waals surface area contributed by atoms with Crippen molar-refractivity contribution in [2.24, 2.45) is 0 Å².